The molecular formula is C11H13BrFNO. The molecule has 1 atom stereocenters. The van der Waals surface area contributed by atoms with Crippen molar-refractivity contribution >= 4 is 15.9 Å². The van der Waals surface area contributed by atoms with Crippen LogP contribution in [0.1, 0.15) is 18.4 Å². The van der Waals surface area contributed by atoms with E-state index in [9.17, 15) is 9.50 Å². The predicted molar refractivity (Wildman–Crippen MR) is 60.5 cm³/mol. The molecule has 1 heterocycles. The van der Waals surface area contributed by atoms with Crippen molar-refractivity contribution < 1.29 is 9.50 Å². The Bertz CT molecular complexity index is 341. The molecular weight excluding hydrogens is 261 g/mol. The average Bonchev–Trinajstić information content (AvgIpc) is 2.66. The normalized spacial score (nSPS) is 20.8. The quantitative estimate of drug-likeness (QED) is 0.868. The molecule has 2 nitrogen and oxygen atoms in total. The van der Waals surface area contributed by atoms with Crippen LogP contribution in [0.5, 0.6) is 5.75 Å². The molecule has 0 aromatic heterocycles. The van der Waals surface area contributed by atoms with E-state index in [-0.39, 0.29) is 5.75 Å². The summed E-state index contributed by atoms with van der Waals surface area (Å²) in [6, 6.07) is 3.69. The second kappa shape index (κ2) is 4.49. The molecule has 0 radical (unpaired) electrons. The third-order valence-electron chi connectivity index (χ3n) is 2.71. The number of halogens is 2. The van der Waals surface area contributed by atoms with Crippen LogP contribution in [0.3, 0.4) is 0 Å². The summed E-state index contributed by atoms with van der Waals surface area (Å²) in [6.07, 6.45) is 3.18. The molecule has 0 aliphatic carbocycles. The molecule has 82 valence electrons. The van der Waals surface area contributed by atoms with Crippen molar-refractivity contribution in [3.63, 3.8) is 0 Å². The molecule has 0 saturated carbocycles. The number of hydrogen-bond acceptors (Lipinski definition) is 2. The Morgan fingerprint density at radius 3 is 2.93 bits per heavy atom. The Kier molecular flexibility index (Phi) is 3.26. The number of rotatable bonds is 2. The van der Waals surface area contributed by atoms with Crippen molar-refractivity contribution in [1.29, 1.82) is 0 Å². The third kappa shape index (κ3) is 2.49. The Morgan fingerprint density at radius 1 is 1.53 bits per heavy atom. The van der Waals surface area contributed by atoms with E-state index in [1.807, 2.05) is 0 Å². The molecule has 1 aliphatic rings. The van der Waals surface area contributed by atoms with Gasteiger partial charge in [0.2, 0.25) is 0 Å². The van der Waals surface area contributed by atoms with E-state index in [0.29, 0.717) is 10.5 Å². The van der Waals surface area contributed by atoms with E-state index in [0.717, 1.165) is 24.9 Å². The van der Waals surface area contributed by atoms with Crippen molar-refractivity contribution in [3.8, 4) is 5.75 Å². The predicted octanol–water partition coefficient (Wildman–Crippen LogP) is 2.59. The maximum absolute atomic E-state index is 13.1. The molecule has 0 bridgehead atoms. The zero-order valence-electron chi connectivity index (χ0n) is 8.26. The lowest BCUT2D eigenvalue weighted by Crippen LogP contribution is -2.23. The number of phenols is 1. The first-order chi connectivity index (χ1) is 7.16. The molecule has 1 aromatic rings. The SMILES string of the molecule is Oc1cc(CC2CCCN2)cc(Br)c1F. The van der Waals surface area contributed by atoms with Gasteiger partial charge in [-0.2, -0.15) is 0 Å². The third-order valence-corrected chi connectivity index (χ3v) is 3.29. The fraction of sp³-hybridized carbons (Fsp3) is 0.455. The first-order valence-electron chi connectivity index (χ1n) is 5.07. The van der Waals surface area contributed by atoms with E-state index in [1.165, 1.54) is 12.5 Å². The molecule has 0 spiro atoms. The highest BCUT2D eigenvalue weighted by Crippen LogP contribution is 2.27. The first-order valence-corrected chi connectivity index (χ1v) is 5.86. The van der Waals surface area contributed by atoms with Crippen LogP contribution in [0.25, 0.3) is 0 Å². The van der Waals surface area contributed by atoms with Crippen LogP contribution < -0.4 is 5.32 Å². The van der Waals surface area contributed by atoms with Crippen LogP contribution in [-0.2, 0) is 6.42 Å². The number of phenolic OH excluding ortho intramolecular Hbond substituents is 1. The molecule has 0 amide bonds. The molecule has 1 fully saturated rings. The summed E-state index contributed by atoms with van der Waals surface area (Å²) in [5, 5.41) is 12.7. The van der Waals surface area contributed by atoms with Gasteiger partial charge in [-0.25, -0.2) is 4.39 Å². The minimum atomic E-state index is -0.585. The van der Waals surface area contributed by atoms with E-state index >= 15 is 0 Å². The molecule has 2 rings (SSSR count). The zero-order chi connectivity index (χ0) is 10.8. The molecule has 1 aliphatic heterocycles. The lowest BCUT2D eigenvalue weighted by atomic mass is 10.0. The monoisotopic (exact) mass is 273 g/mol. The maximum Gasteiger partial charge on any atom is 0.178 e. The summed E-state index contributed by atoms with van der Waals surface area (Å²) in [6.45, 7) is 1.05. The van der Waals surface area contributed by atoms with Gasteiger partial charge < -0.3 is 10.4 Å². The van der Waals surface area contributed by atoms with Gasteiger partial charge in [-0.15, -0.1) is 0 Å². The topological polar surface area (TPSA) is 32.3 Å². The van der Waals surface area contributed by atoms with Crippen molar-refractivity contribution in [3.05, 3.63) is 28.0 Å². The second-order valence-electron chi connectivity index (χ2n) is 3.91. The number of aromatic hydroxyl groups is 1. The molecule has 1 unspecified atom stereocenters. The lowest BCUT2D eigenvalue weighted by Gasteiger charge is -2.11. The Labute approximate surface area is 96.6 Å². The minimum absolute atomic E-state index is 0.280. The number of nitrogens with one attached hydrogen (secondary N) is 1. The fourth-order valence-corrected chi connectivity index (χ4v) is 2.46. The van der Waals surface area contributed by atoms with Crippen LogP contribution in [-0.4, -0.2) is 17.7 Å². The Hall–Kier alpha value is -0.610. The van der Waals surface area contributed by atoms with Crippen LogP contribution in [0, 0.1) is 5.82 Å². The fourth-order valence-electron chi connectivity index (χ4n) is 1.96. The van der Waals surface area contributed by atoms with Gasteiger partial charge in [-0.1, -0.05) is 0 Å². The summed E-state index contributed by atoms with van der Waals surface area (Å²) >= 11 is 3.09. The first kappa shape index (κ1) is 10.9. The van der Waals surface area contributed by atoms with Crippen LogP contribution in [0.4, 0.5) is 4.39 Å². The van der Waals surface area contributed by atoms with Crippen LogP contribution >= 0.6 is 15.9 Å². The summed E-state index contributed by atoms with van der Waals surface area (Å²) in [4.78, 5) is 0. The van der Waals surface area contributed by atoms with Gasteiger partial charge >= 0.3 is 0 Å². The van der Waals surface area contributed by atoms with Gasteiger partial charge in [-0.3, -0.25) is 0 Å². The molecule has 1 aromatic carbocycles. The number of benzene rings is 1. The van der Waals surface area contributed by atoms with E-state index in [4.69, 9.17) is 0 Å². The van der Waals surface area contributed by atoms with Crippen molar-refractivity contribution in [2.75, 3.05) is 6.54 Å². The number of hydrogen-bond donors (Lipinski definition) is 2. The van der Waals surface area contributed by atoms with Gasteiger partial charge in [-0.05, 0) is 59.4 Å². The summed E-state index contributed by atoms with van der Waals surface area (Å²) in [7, 11) is 0. The highest BCUT2D eigenvalue weighted by Gasteiger charge is 2.16. The van der Waals surface area contributed by atoms with Gasteiger partial charge in [0.1, 0.15) is 0 Å². The highest BCUT2D eigenvalue weighted by molar-refractivity contribution is 9.10. The minimum Gasteiger partial charge on any atom is -0.505 e. The summed E-state index contributed by atoms with van der Waals surface area (Å²) in [5.74, 6) is -0.865. The van der Waals surface area contributed by atoms with Crippen LogP contribution in [0.2, 0.25) is 0 Å². The highest BCUT2D eigenvalue weighted by atomic mass is 79.9. The largest absolute Gasteiger partial charge is 0.505 e. The smallest absolute Gasteiger partial charge is 0.178 e. The molecule has 4 heteroatoms. The van der Waals surface area contributed by atoms with Gasteiger partial charge in [0.05, 0.1) is 4.47 Å². The van der Waals surface area contributed by atoms with Crippen molar-refractivity contribution in [1.82, 2.24) is 5.32 Å². The van der Waals surface area contributed by atoms with Crippen molar-refractivity contribution in [2.45, 2.75) is 25.3 Å². The van der Waals surface area contributed by atoms with Gasteiger partial charge in [0.15, 0.2) is 11.6 Å². The molecule has 2 N–H and O–H groups in total. The molecule has 1 saturated heterocycles. The van der Waals surface area contributed by atoms with Crippen LogP contribution in [0.15, 0.2) is 16.6 Å². The van der Waals surface area contributed by atoms with E-state index in [2.05, 4.69) is 21.2 Å². The summed E-state index contributed by atoms with van der Waals surface area (Å²) in [5.41, 5.74) is 0.958. The zero-order valence-corrected chi connectivity index (χ0v) is 9.85. The van der Waals surface area contributed by atoms with E-state index in [1.54, 1.807) is 6.07 Å². The molecule has 15 heavy (non-hydrogen) atoms. The second-order valence-corrected chi connectivity index (χ2v) is 4.76. The average molecular weight is 274 g/mol. The maximum atomic E-state index is 13.1. The van der Waals surface area contributed by atoms with E-state index < -0.39 is 5.82 Å². The Morgan fingerprint density at radius 2 is 2.33 bits per heavy atom. The lowest BCUT2D eigenvalue weighted by molar-refractivity contribution is 0.429. The van der Waals surface area contributed by atoms with Gasteiger partial charge in [0.25, 0.3) is 0 Å². The Balaban J connectivity index is 2.14. The van der Waals surface area contributed by atoms with Gasteiger partial charge in [0, 0.05) is 6.04 Å². The standard InChI is InChI=1S/C11H13BrFNO/c12-9-5-7(6-10(15)11(9)13)4-8-2-1-3-14-8/h5-6,8,14-15H,1-4H2. The van der Waals surface area contributed by atoms with Crippen molar-refractivity contribution in [2.24, 2.45) is 0 Å². The summed E-state index contributed by atoms with van der Waals surface area (Å²) < 4.78 is 13.4.